The number of hydrogen-bond donors (Lipinski definition) is 0. The summed E-state index contributed by atoms with van der Waals surface area (Å²) in [6.07, 6.45) is 1.51. The van der Waals surface area contributed by atoms with Crippen LogP contribution in [0.4, 0.5) is 0 Å². The molecule has 0 bridgehead atoms. The zero-order valence-corrected chi connectivity index (χ0v) is 15.8. The third-order valence-corrected chi connectivity index (χ3v) is 6.26. The monoisotopic (exact) mass is 401 g/mol. The number of tetrazole rings is 1. The van der Waals surface area contributed by atoms with Gasteiger partial charge >= 0.3 is 0 Å². The van der Waals surface area contributed by atoms with Gasteiger partial charge in [0.25, 0.3) is 0 Å². The minimum Gasteiger partial charge on any atom is -0.489 e. The maximum absolute atomic E-state index is 12.8. The van der Waals surface area contributed by atoms with Crippen molar-refractivity contribution in [2.75, 3.05) is 26.3 Å². The molecule has 0 unspecified atom stereocenters. The predicted molar refractivity (Wildman–Crippen MR) is 99.5 cm³/mol. The second-order valence-electron chi connectivity index (χ2n) is 6.20. The van der Waals surface area contributed by atoms with Crippen LogP contribution in [0.5, 0.6) is 5.75 Å². The highest BCUT2D eigenvalue weighted by atomic mass is 32.2. The minimum atomic E-state index is -3.52. The lowest BCUT2D eigenvalue weighted by molar-refractivity contribution is 0.0730. The van der Waals surface area contributed by atoms with Gasteiger partial charge in [-0.05, 0) is 52.4 Å². The standard InChI is InChI=1S/C18H19N5O4S/c24-28(25,22-8-10-26-11-9-22)18-3-1-2-15(12-18)13-27-17-6-4-16(5-7-17)23-14-19-20-21-23/h1-7,12,14H,8-11,13H2. The van der Waals surface area contributed by atoms with Crippen LogP contribution >= 0.6 is 0 Å². The molecule has 1 aliphatic heterocycles. The van der Waals surface area contributed by atoms with Gasteiger partial charge in [0.2, 0.25) is 10.0 Å². The highest BCUT2D eigenvalue weighted by Crippen LogP contribution is 2.20. The molecule has 146 valence electrons. The maximum Gasteiger partial charge on any atom is 0.243 e. The summed E-state index contributed by atoms with van der Waals surface area (Å²) in [5, 5.41) is 11.0. The summed E-state index contributed by atoms with van der Waals surface area (Å²) in [5.74, 6) is 0.665. The number of hydrogen-bond acceptors (Lipinski definition) is 7. The Morgan fingerprint density at radius 2 is 1.86 bits per heavy atom. The molecule has 4 rings (SSSR count). The molecule has 1 fully saturated rings. The van der Waals surface area contributed by atoms with Gasteiger partial charge in [-0.3, -0.25) is 0 Å². The lowest BCUT2D eigenvalue weighted by Crippen LogP contribution is -2.40. The van der Waals surface area contributed by atoms with Crippen LogP contribution in [-0.2, 0) is 21.4 Å². The summed E-state index contributed by atoms with van der Waals surface area (Å²) in [6, 6.07) is 14.1. The first kappa shape index (κ1) is 18.5. The third kappa shape index (κ3) is 4.03. The summed E-state index contributed by atoms with van der Waals surface area (Å²) in [7, 11) is -3.52. The van der Waals surface area contributed by atoms with Crippen molar-refractivity contribution >= 4 is 10.0 Å². The number of sulfonamides is 1. The van der Waals surface area contributed by atoms with Crippen LogP contribution in [0.3, 0.4) is 0 Å². The quantitative estimate of drug-likeness (QED) is 0.613. The van der Waals surface area contributed by atoms with E-state index >= 15 is 0 Å². The molecule has 0 atom stereocenters. The molecule has 1 aromatic heterocycles. The first-order chi connectivity index (χ1) is 13.6. The zero-order chi connectivity index (χ0) is 19.4. The number of morpholine rings is 1. The van der Waals surface area contributed by atoms with Crippen molar-refractivity contribution in [2.45, 2.75) is 11.5 Å². The van der Waals surface area contributed by atoms with Crippen LogP contribution in [0.1, 0.15) is 5.56 Å². The molecule has 2 aromatic carbocycles. The molecule has 9 nitrogen and oxygen atoms in total. The molecule has 0 saturated carbocycles. The van der Waals surface area contributed by atoms with E-state index < -0.39 is 10.0 Å². The average Bonchev–Trinajstić information content (AvgIpc) is 3.28. The molecule has 0 aliphatic carbocycles. The summed E-state index contributed by atoms with van der Waals surface area (Å²) < 4.78 is 39.6. The number of rotatable bonds is 6. The number of benzene rings is 2. The number of aromatic nitrogens is 4. The van der Waals surface area contributed by atoms with Gasteiger partial charge < -0.3 is 9.47 Å². The first-order valence-electron chi connectivity index (χ1n) is 8.76. The zero-order valence-electron chi connectivity index (χ0n) is 15.0. The van der Waals surface area contributed by atoms with Gasteiger partial charge in [0.15, 0.2) is 0 Å². The van der Waals surface area contributed by atoms with Crippen molar-refractivity contribution in [3.8, 4) is 11.4 Å². The second kappa shape index (κ2) is 8.05. The fraction of sp³-hybridized carbons (Fsp3) is 0.278. The smallest absolute Gasteiger partial charge is 0.243 e. The van der Waals surface area contributed by atoms with Crippen LogP contribution in [0.25, 0.3) is 5.69 Å². The summed E-state index contributed by atoms with van der Waals surface area (Å²) >= 11 is 0. The van der Waals surface area contributed by atoms with Gasteiger partial charge in [0.1, 0.15) is 18.7 Å². The van der Waals surface area contributed by atoms with E-state index in [2.05, 4.69) is 15.5 Å². The molecule has 2 heterocycles. The van der Waals surface area contributed by atoms with Crippen molar-refractivity contribution in [3.63, 3.8) is 0 Å². The van der Waals surface area contributed by atoms with E-state index in [4.69, 9.17) is 9.47 Å². The fourth-order valence-corrected chi connectivity index (χ4v) is 4.35. The molecule has 0 N–H and O–H groups in total. The molecule has 1 aliphatic rings. The Balaban J connectivity index is 1.43. The Labute approximate surface area is 162 Å². The molecule has 0 amide bonds. The van der Waals surface area contributed by atoms with Crippen LogP contribution in [0.15, 0.2) is 59.8 Å². The molecule has 0 spiro atoms. The number of ether oxygens (including phenoxy) is 2. The molecular weight excluding hydrogens is 382 g/mol. The maximum atomic E-state index is 12.8. The Morgan fingerprint density at radius 1 is 1.07 bits per heavy atom. The van der Waals surface area contributed by atoms with Gasteiger partial charge in [-0.1, -0.05) is 12.1 Å². The van der Waals surface area contributed by atoms with E-state index in [0.29, 0.717) is 32.1 Å². The third-order valence-electron chi connectivity index (χ3n) is 4.36. The van der Waals surface area contributed by atoms with Crippen LogP contribution in [-0.4, -0.2) is 59.2 Å². The van der Waals surface area contributed by atoms with Crippen molar-refractivity contribution in [1.29, 1.82) is 0 Å². The minimum absolute atomic E-state index is 0.261. The largest absolute Gasteiger partial charge is 0.489 e. The van der Waals surface area contributed by atoms with E-state index in [-0.39, 0.29) is 11.5 Å². The van der Waals surface area contributed by atoms with Crippen molar-refractivity contribution in [3.05, 3.63) is 60.4 Å². The van der Waals surface area contributed by atoms with Gasteiger partial charge in [-0.25, -0.2) is 13.1 Å². The van der Waals surface area contributed by atoms with E-state index in [0.717, 1.165) is 11.3 Å². The van der Waals surface area contributed by atoms with Crippen molar-refractivity contribution in [2.24, 2.45) is 0 Å². The van der Waals surface area contributed by atoms with Gasteiger partial charge in [0, 0.05) is 13.1 Å². The molecule has 1 saturated heterocycles. The topological polar surface area (TPSA) is 99.4 Å². The van der Waals surface area contributed by atoms with Crippen molar-refractivity contribution in [1.82, 2.24) is 24.5 Å². The van der Waals surface area contributed by atoms with Gasteiger partial charge in [-0.2, -0.15) is 4.31 Å². The lowest BCUT2D eigenvalue weighted by Gasteiger charge is -2.26. The normalized spacial score (nSPS) is 15.4. The van der Waals surface area contributed by atoms with Gasteiger partial charge in [-0.15, -0.1) is 5.10 Å². The van der Waals surface area contributed by atoms with Crippen LogP contribution in [0.2, 0.25) is 0 Å². The molecular formula is C18H19N5O4S. The van der Waals surface area contributed by atoms with Crippen LogP contribution in [0, 0.1) is 0 Å². The Kier molecular flexibility index (Phi) is 5.33. The summed E-state index contributed by atoms with van der Waals surface area (Å²) in [6.45, 7) is 1.84. The van der Waals surface area contributed by atoms with Crippen molar-refractivity contribution < 1.29 is 17.9 Å². The fourth-order valence-electron chi connectivity index (χ4n) is 2.87. The molecule has 0 radical (unpaired) electrons. The highest BCUT2D eigenvalue weighted by Gasteiger charge is 2.26. The Morgan fingerprint density at radius 3 is 2.57 bits per heavy atom. The van der Waals surface area contributed by atoms with Gasteiger partial charge in [0.05, 0.1) is 23.8 Å². The average molecular weight is 401 g/mol. The first-order valence-corrected chi connectivity index (χ1v) is 10.2. The van der Waals surface area contributed by atoms with E-state index in [9.17, 15) is 8.42 Å². The Hall–Kier alpha value is -2.82. The predicted octanol–water partition coefficient (Wildman–Crippen LogP) is 1.26. The highest BCUT2D eigenvalue weighted by molar-refractivity contribution is 7.89. The number of nitrogens with zero attached hydrogens (tertiary/aromatic N) is 5. The molecule has 3 aromatic rings. The van der Waals surface area contributed by atoms with E-state index in [1.54, 1.807) is 22.9 Å². The molecule has 10 heteroatoms. The van der Waals surface area contributed by atoms with E-state index in [1.807, 2.05) is 30.3 Å². The molecule has 28 heavy (non-hydrogen) atoms. The SMILES string of the molecule is O=S(=O)(c1cccc(COc2ccc(-n3cnnn3)cc2)c1)N1CCOCC1. The second-order valence-corrected chi connectivity index (χ2v) is 8.14. The van der Waals surface area contributed by atoms with E-state index in [1.165, 1.54) is 10.6 Å². The summed E-state index contributed by atoms with van der Waals surface area (Å²) in [5.41, 5.74) is 1.59. The Bertz CT molecular complexity index is 1020. The van der Waals surface area contributed by atoms with Crippen LogP contribution < -0.4 is 4.74 Å². The lowest BCUT2D eigenvalue weighted by atomic mass is 10.2. The summed E-state index contributed by atoms with van der Waals surface area (Å²) in [4.78, 5) is 0.268.